The molecule has 0 aromatic carbocycles. The van der Waals surface area contributed by atoms with Crippen LogP contribution in [0.2, 0.25) is 0 Å². The van der Waals surface area contributed by atoms with Gasteiger partial charge in [0, 0.05) is 28.9 Å². The second-order valence-electron chi connectivity index (χ2n) is 5.15. The highest BCUT2D eigenvalue weighted by atomic mass is 32.1. The van der Waals surface area contributed by atoms with E-state index in [1.54, 1.807) is 12.1 Å². The molecule has 0 aliphatic carbocycles. The average Bonchev–Trinajstić information content (AvgIpc) is 3.24. The number of thiazole rings is 1. The Labute approximate surface area is 138 Å². The van der Waals surface area contributed by atoms with Crippen LogP contribution in [0.4, 0.5) is 5.13 Å². The van der Waals surface area contributed by atoms with Gasteiger partial charge in [-0.05, 0) is 32.0 Å². The summed E-state index contributed by atoms with van der Waals surface area (Å²) in [4.78, 5) is 16.5. The molecule has 1 N–H and O–H groups in total. The number of amides is 1. The van der Waals surface area contributed by atoms with Crippen LogP contribution in [0.3, 0.4) is 0 Å². The van der Waals surface area contributed by atoms with Crippen molar-refractivity contribution in [3.63, 3.8) is 0 Å². The Hall–Kier alpha value is -2.60. The number of furan rings is 1. The van der Waals surface area contributed by atoms with E-state index in [9.17, 15) is 4.79 Å². The van der Waals surface area contributed by atoms with E-state index in [1.807, 2.05) is 11.5 Å². The molecule has 0 saturated carbocycles. The highest BCUT2D eigenvalue weighted by molar-refractivity contribution is 7.14. The van der Waals surface area contributed by atoms with Crippen molar-refractivity contribution in [2.45, 2.75) is 20.4 Å². The normalized spacial score (nSPS) is 10.7. The molecule has 0 saturated heterocycles. The van der Waals surface area contributed by atoms with E-state index >= 15 is 0 Å². The molecular weight excluding hydrogens is 310 g/mol. The second-order valence-corrected chi connectivity index (χ2v) is 6.01. The van der Waals surface area contributed by atoms with Crippen LogP contribution in [0.15, 0.2) is 46.9 Å². The molecule has 1 amide bonds. The minimum absolute atomic E-state index is 0.269. The maximum atomic E-state index is 12.0. The molecular formula is C17H17N3O2S. The number of anilines is 1. The molecule has 0 unspecified atom stereocenters. The van der Waals surface area contributed by atoms with Gasteiger partial charge in [0.25, 0.3) is 5.91 Å². The summed E-state index contributed by atoms with van der Waals surface area (Å²) in [6.45, 7) is 8.68. The third-order valence-corrected chi connectivity index (χ3v) is 4.39. The van der Waals surface area contributed by atoms with Crippen molar-refractivity contribution in [3.8, 4) is 11.3 Å². The molecule has 0 radical (unpaired) electrons. The number of allylic oxidation sites excluding steroid dienone is 1. The van der Waals surface area contributed by atoms with Crippen LogP contribution in [0, 0.1) is 13.8 Å². The second kappa shape index (κ2) is 6.26. The van der Waals surface area contributed by atoms with Crippen LogP contribution < -0.4 is 5.32 Å². The molecule has 0 bridgehead atoms. The van der Waals surface area contributed by atoms with Gasteiger partial charge in [-0.15, -0.1) is 17.9 Å². The molecule has 3 aromatic rings. The first-order valence-corrected chi connectivity index (χ1v) is 8.06. The summed E-state index contributed by atoms with van der Waals surface area (Å²) in [7, 11) is 0. The summed E-state index contributed by atoms with van der Waals surface area (Å²) < 4.78 is 7.26. The summed E-state index contributed by atoms with van der Waals surface area (Å²) in [6.07, 6.45) is 3.34. The molecule has 0 fully saturated rings. The lowest BCUT2D eigenvalue weighted by Crippen LogP contribution is -2.10. The Morgan fingerprint density at radius 3 is 3.04 bits per heavy atom. The van der Waals surface area contributed by atoms with Gasteiger partial charge in [0.2, 0.25) is 0 Å². The van der Waals surface area contributed by atoms with Crippen molar-refractivity contribution in [3.05, 3.63) is 59.6 Å². The quantitative estimate of drug-likeness (QED) is 0.712. The SMILES string of the molecule is C=CCn1c(C)cc(-c2csc(NC(=O)c3ccco3)n2)c1C. The fraction of sp³-hybridized carbons (Fsp3) is 0.176. The van der Waals surface area contributed by atoms with Gasteiger partial charge in [-0.1, -0.05) is 6.08 Å². The molecule has 3 aromatic heterocycles. The van der Waals surface area contributed by atoms with E-state index in [0.717, 1.165) is 29.2 Å². The van der Waals surface area contributed by atoms with Crippen LogP contribution in [0.1, 0.15) is 21.9 Å². The van der Waals surface area contributed by atoms with Gasteiger partial charge in [-0.25, -0.2) is 4.98 Å². The summed E-state index contributed by atoms with van der Waals surface area (Å²) in [5.74, 6) is -0.0288. The highest BCUT2D eigenvalue weighted by Crippen LogP contribution is 2.30. The number of aromatic nitrogens is 2. The Balaban J connectivity index is 1.83. The van der Waals surface area contributed by atoms with E-state index < -0.39 is 0 Å². The van der Waals surface area contributed by atoms with Crippen LogP contribution in [0.25, 0.3) is 11.3 Å². The number of carbonyl (C=O) groups is 1. The minimum Gasteiger partial charge on any atom is -0.459 e. The van der Waals surface area contributed by atoms with Crippen molar-refractivity contribution < 1.29 is 9.21 Å². The number of nitrogens with zero attached hydrogens (tertiary/aromatic N) is 2. The number of carbonyl (C=O) groups excluding carboxylic acids is 1. The Morgan fingerprint density at radius 2 is 2.35 bits per heavy atom. The van der Waals surface area contributed by atoms with Gasteiger partial charge in [0.1, 0.15) is 0 Å². The maximum Gasteiger partial charge on any atom is 0.293 e. The maximum absolute atomic E-state index is 12.0. The zero-order chi connectivity index (χ0) is 16.4. The largest absolute Gasteiger partial charge is 0.459 e. The lowest BCUT2D eigenvalue weighted by molar-refractivity contribution is 0.0996. The fourth-order valence-corrected chi connectivity index (χ4v) is 3.20. The fourth-order valence-electron chi connectivity index (χ4n) is 2.49. The average molecular weight is 327 g/mol. The number of nitrogens with one attached hydrogen (secondary N) is 1. The van der Waals surface area contributed by atoms with Gasteiger partial charge < -0.3 is 8.98 Å². The minimum atomic E-state index is -0.298. The molecule has 3 rings (SSSR count). The molecule has 6 heteroatoms. The third kappa shape index (κ3) is 2.98. The smallest absolute Gasteiger partial charge is 0.293 e. The van der Waals surface area contributed by atoms with E-state index in [1.165, 1.54) is 17.6 Å². The molecule has 118 valence electrons. The summed E-state index contributed by atoms with van der Waals surface area (Å²) in [5.41, 5.74) is 4.22. The standard InChI is InChI=1S/C17H17N3O2S/c1-4-7-20-11(2)9-13(12(20)3)14-10-23-17(18-14)19-16(21)15-6-5-8-22-15/h4-6,8-10H,1,7H2,2-3H3,(H,18,19,21). The highest BCUT2D eigenvalue weighted by Gasteiger charge is 2.15. The van der Waals surface area contributed by atoms with E-state index in [0.29, 0.717) is 5.13 Å². The summed E-state index contributed by atoms with van der Waals surface area (Å²) in [6, 6.07) is 5.40. The molecule has 3 heterocycles. The first-order chi connectivity index (χ1) is 11.1. The predicted molar refractivity (Wildman–Crippen MR) is 91.9 cm³/mol. The van der Waals surface area contributed by atoms with Crippen molar-refractivity contribution in [2.75, 3.05) is 5.32 Å². The predicted octanol–water partition coefficient (Wildman–Crippen LogP) is 4.26. The van der Waals surface area contributed by atoms with Crippen LogP contribution >= 0.6 is 11.3 Å². The lowest BCUT2D eigenvalue weighted by Gasteiger charge is -2.05. The van der Waals surface area contributed by atoms with E-state index in [4.69, 9.17) is 4.42 Å². The molecule has 5 nitrogen and oxygen atoms in total. The number of aryl methyl sites for hydroxylation is 1. The topological polar surface area (TPSA) is 60.1 Å². The van der Waals surface area contributed by atoms with Crippen molar-refractivity contribution in [2.24, 2.45) is 0 Å². The van der Waals surface area contributed by atoms with Crippen molar-refractivity contribution in [1.29, 1.82) is 0 Å². The molecule has 0 atom stereocenters. The first kappa shape index (κ1) is 15.3. The summed E-state index contributed by atoms with van der Waals surface area (Å²) in [5, 5.41) is 5.25. The van der Waals surface area contributed by atoms with Crippen molar-refractivity contribution in [1.82, 2.24) is 9.55 Å². The number of hydrogen-bond acceptors (Lipinski definition) is 4. The lowest BCUT2D eigenvalue weighted by atomic mass is 10.2. The molecule has 0 spiro atoms. The Kier molecular flexibility index (Phi) is 4.16. The zero-order valence-electron chi connectivity index (χ0n) is 13.0. The zero-order valence-corrected chi connectivity index (χ0v) is 13.8. The van der Waals surface area contributed by atoms with Gasteiger partial charge in [-0.2, -0.15) is 0 Å². The van der Waals surface area contributed by atoms with Crippen LogP contribution in [-0.2, 0) is 6.54 Å². The number of hydrogen-bond donors (Lipinski definition) is 1. The van der Waals surface area contributed by atoms with Crippen molar-refractivity contribution >= 4 is 22.4 Å². The Morgan fingerprint density at radius 1 is 1.52 bits per heavy atom. The number of rotatable bonds is 5. The van der Waals surface area contributed by atoms with Gasteiger partial charge in [-0.3, -0.25) is 10.1 Å². The Bertz CT molecular complexity index is 843. The van der Waals surface area contributed by atoms with Crippen LogP contribution in [0.5, 0.6) is 0 Å². The molecule has 0 aliphatic heterocycles. The molecule has 23 heavy (non-hydrogen) atoms. The van der Waals surface area contributed by atoms with E-state index in [2.05, 4.69) is 41.4 Å². The van der Waals surface area contributed by atoms with Crippen LogP contribution in [-0.4, -0.2) is 15.5 Å². The summed E-state index contributed by atoms with van der Waals surface area (Å²) >= 11 is 1.39. The third-order valence-electron chi connectivity index (χ3n) is 3.63. The van der Waals surface area contributed by atoms with Gasteiger partial charge in [0.05, 0.1) is 12.0 Å². The van der Waals surface area contributed by atoms with Gasteiger partial charge in [0.15, 0.2) is 10.9 Å². The monoisotopic (exact) mass is 327 g/mol. The molecule has 0 aliphatic rings. The van der Waals surface area contributed by atoms with E-state index in [-0.39, 0.29) is 11.7 Å². The van der Waals surface area contributed by atoms with Gasteiger partial charge >= 0.3 is 0 Å². The first-order valence-electron chi connectivity index (χ1n) is 7.18.